The van der Waals surface area contributed by atoms with E-state index >= 15 is 0 Å². The zero-order valence-corrected chi connectivity index (χ0v) is 15.7. The first-order chi connectivity index (χ1) is 11.7. The lowest BCUT2D eigenvalue weighted by molar-refractivity contribution is -0.128. The Morgan fingerprint density at radius 2 is 1.92 bits per heavy atom. The zero-order valence-electron chi connectivity index (χ0n) is 15.7. The van der Waals surface area contributed by atoms with Gasteiger partial charge >= 0.3 is 0 Å². The van der Waals surface area contributed by atoms with E-state index in [0.717, 1.165) is 23.0 Å². The largest absolute Gasteiger partial charge is 0.464 e. The van der Waals surface area contributed by atoms with Gasteiger partial charge in [-0.05, 0) is 42.0 Å². The first kappa shape index (κ1) is 19.0. The number of furan rings is 1. The minimum Gasteiger partial charge on any atom is -0.464 e. The quantitative estimate of drug-likeness (QED) is 0.807. The molecule has 1 heterocycles. The fourth-order valence-corrected chi connectivity index (χ4v) is 3.13. The van der Waals surface area contributed by atoms with Crippen LogP contribution in [0.3, 0.4) is 0 Å². The van der Waals surface area contributed by atoms with Crippen molar-refractivity contribution in [1.82, 2.24) is 5.32 Å². The molecule has 0 saturated heterocycles. The van der Waals surface area contributed by atoms with Gasteiger partial charge in [0.15, 0.2) is 0 Å². The minimum absolute atomic E-state index is 0.00210. The molecule has 1 aromatic heterocycles. The van der Waals surface area contributed by atoms with Crippen molar-refractivity contribution in [2.75, 3.05) is 0 Å². The van der Waals surface area contributed by atoms with Crippen LogP contribution in [0.5, 0.6) is 0 Å². The van der Waals surface area contributed by atoms with Crippen LogP contribution >= 0.6 is 0 Å². The maximum absolute atomic E-state index is 12.4. The van der Waals surface area contributed by atoms with Crippen molar-refractivity contribution >= 4 is 22.8 Å². The number of nitrogens with one attached hydrogen (secondary N) is 1. The third-order valence-electron chi connectivity index (χ3n) is 4.85. The number of primary amides is 1. The number of hydrogen-bond donors (Lipinski definition) is 2. The number of hydrogen-bond acceptors (Lipinski definition) is 3. The lowest BCUT2D eigenvalue weighted by Crippen LogP contribution is -2.48. The number of nitrogens with two attached hydrogens (primary N) is 1. The predicted molar refractivity (Wildman–Crippen MR) is 99.3 cm³/mol. The lowest BCUT2D eigenvalue weighted by atomic mass is 9.95. The van der Waals surface area contributed by atoms with Crippen LogP contribution < -0.4 is 11.1 Å². The Kier molecular flexibility index (Phi) is 5.88. The molecule has 2 atom stereocenters. The Balaban J connectivity index is 2.23. The van der Waals surface area contributed by atoms with Gasteiger partial charge in [-0.2, -0.15) is 0 Å². The van der Waals surface area contributed by atoms with Gasteiger partial charge in [-0.25, -0.2) is 0 Å². The first-order valence-corrected chi connectivity index (χ1v) is 8.83. The number of carbonyl (C=O) groups is 2. The highest BCUT2D eigenvalue weighted by Crippen LogP contribution is 2.29. The van der Waals surface area contributed by atoms with Crippen LogP contribution in [-0.4, -0.2) is 17.9 Å². The second kappa shape index (κ2) is 7.72. The number of benzene rings is 1. The molecule has 2 aromatic rings. The van der Waals surface area contributed by atoms with Gasteiger partial charge in [0, 0.05) is 10.9 Å². The summed E-state index contributed by atoms with van der Waals surface area (Å²) < 4.78 is 5.61. The summed E-state index contributed by atoms with van der Waals surface area (Å²) >= 11 is 0. The highest BCUT2D eigenvalue weighted by Gasteiger charge is 2.24. The van der Waals surface area contributed by atoms with Crippen LogP contribution in [-0.2, 0) is 16.0 Å². The molecular weight excluding hydrogens is 316 g/mol. The minimum atomic E-state index is -0.649. The standard InChI is InChI=1S/C20H28N2O3/c1-6-12(4)19(20(21)24)22-18(23)8-14-10-25-17-7-13(5)15(11(2)3)9-16(14)17/h7,9-12,19H,6,8H2,1-5H3,(H2,21,24)(H,22,23). The molecule has 2 rings (SSSR count). The van der Waals surface area contributed by atoms with E-state index in [1.165, 1.54) is 11.1 Å². The van der Waals surface area contributed by atoms with Gasteiger partial charge in [0.1, 0.15) is 11.6 Å². The van der Waals surface area contributed by atoms with Crippen LogP contribution in [0.15, 0.2) is 22.8 Å². The van der Waals surface area contributed by atoms with E-state index < -0.39 is 11.9 Å². The van der Waals surface area contributed by atoms with Crippen LogP contribution in [0.4, 0.5) is 0 Å². The molecule has 3 N–H and O–H groups in total. The van der Waals surface area contributed by atoms with Crippen molar-refractivity contribution in [3.8, 4) is 0 Å². The van der Waals surface area contributed by atoms with Crippen LogP contribution in [0.2, 0.25) is 0 Å². The maximum Gasteiger partial charge on any atom is 0.240 e. The topological polar surface area (TPSA) is 85.3 Å². The summed E-state index contributed by atoms with van der Waals surface area (Å²) in [7, 11) is 0. The molecule has 2 unspecified atom stereocenters. The Hall–Kier alpha value is -2.30. The highest BCUT2D eigenvalue weighted by atomic mass is 16.3. The molecule has 1 aromatic carbocycles. The van der Waals surface area contributed by atoms with Gasteiger partial charge in [0.05, 0.1) is 12.7 Å². The zero-order chi connectivity index (χ0) is 18.7. The number of rotatable bonds is 7. The molecule has 0 aliphatic carbocycles. The lowest BCUT2D eigenvalue weighted by Gasteiger charge is -2.21. The number of fused-ring (bicyclic) bond motifs is 1. The van der Waals surface area contributed by atoms with Crippen LogP contribution in [0, 0.1) is 12.8 Å². The summed E-state index contributed by atoms with van der Waals surface area (Å²) in [5, 5.41) is 3.71. The van der Waals surface area contributed by atoms with Crippen molar-refractivity contribution < 1.29 is 14.0 Å². The summed E-state index contributed by atoms with van der Waals surface area (Å²) in [6, 6.07) is 3.46. The van der Waals surface area contributed by atoms with E-state index in [4.69, 9.17) is 10.2 Å². The maximum atomic E-state index is 12.4. The molecule has 0 aliphatic rings. The molecule has 5 nitrogen and oxygen atoms in total. The van der Waals surface area contributed by atoms with E-state index in [2.05, 4.69) is 32.2 Å². The number of aryl methyl sites for hydroxylation is 1. The van der Waals surface area contributed by atoms with Crippen molar-refractivity contribution in [3.63, 3.8) is 0 Å². The molecule has 5 heteroatoms. The molecular formula is C20H28N2O3. The number of carbonyl (C=O) groups excluding carboxylic acids is 2. The summed E-state index contributed by atoms with van der Waals surface area (Å²) in [6.07, 6.45) is 2.55. The summed E-state index contributed by atoms with van der Waals surface area (Å²) in [5.74, 6) is -0.334. The normalized spacial score (nSPS) is 13.8. The molecule has 136 valence electrons. The average molecular weight is 344 g/mol. The second-order valence-corrected chi connectivity index (χ2v) is 7.13. The predicted octanol–water partition coefficient (Wildman–Crippen LogP) is 3.42. The van der Waals surface area contributed by atoms with E-state index in [-0.39, 0.29) is 18.2 Å². The van der Waals surface area contributed by atoms with Crippen molar-refractivity contribution in [3.05, 3.63) is 35.1 Å². The summed E-state index contributed by atoms with van der Waals surface area (Å²) in [6.45, 7) is 10.2. The monoisotopic (exact) mass is 344 g/mol. The molecule has 25 heavy (non-hydrogen) atoms. The molecule has 0 bridgehead atoms. The Morgan fingerprint density at radius 1 is 1.24 bits per heavy atom. The first-order valence-electron chi connectivity index (χ1n) is 8.83. The number of amides is 2. The Labute approximate surface area is 148 Å². The third-order valence-corrected chi connectivity index (χ3v) is 4.85. The Bertz CT molecular complexity index is 777. The van der Waals surface area contributed by atoms with Gasteiger partial charge in [0.25, 0.3) is 0 Å². The van der Waals surface area contributed by atoms with Gasteiger partial charge < -0.3 is 15.5 Å². The fourth-order valence-electron chi connectivity index (χ4n) is 3.13. The molecule has 0 fully saturated rings. The van der Waals surface area contributed by atoms with Gasteiger partial charge in [-0.15, -0.1) is 0 Å². The smallest absolute Gasteiger partial charge is 0.240 e. The van der Waals surface area contributed by atoms with E-state index in [9.17, 15) is 9.59 Å². The van der Waals surface area contributed by atoms with Gasteiger partial charge in [0.2, 0.25) is 11.8 Å². The Morgan fingerprint density at radius 3 is 2.48 bits per heavy atom. The van der Waals surface area contributed by atoms with Gasteiger partial charge in [-0.1, -0.05) is 34.1 Å². The van der Waals surface area contributed by atoms with Crippen LogP contribution in [0.25, 0.3) is 11.0 Å². The highest BCUT2D eigenvalue weighted by molar-refractivity contribution is 5.91. The molecule has 2 amide bonds. The average Bonchev–Trinajstić information content (AvgIpc) is 2.92. The molecule has 0 spiro atoms. The third kappa shape index (κ3) is 4.21. The summed E-state index contributed by atoms with van der Waals surface area (Å²) in [4.78, 5) is 24.0. The van der Waals surface area contributed by atoms with E-state index in [0.29, 0.717) is 5.92 Å². The van der Waals surface area contributed by atoms with Gasteiger partial charge in [-0.3, -0.25) is 9.59 Å². The van der Waals surface area contributed by atoms with E-state index in [1.807, 2.05) is 19.9 Å². The SMILES string of the molecule is CCC(C)C(NC(=O)Cc1coc2cc(C)c(C(C)C)cc12)C(N)=O. The molecule has 0 aliphatic heterocycles. The van der Waals surface area contributed by atoms with Crippen molar-refractivity contribution in [2.45, 2.75) is 59.4 Å². The fraction of sp³-hybridized carbons (Fsp3) is 0.500. The van der Waals surface area contributed by atoms with Crippen molar-refractivity contribution in [1.29, 1.82) is 0 Å². The van der Waals surface area contributed by atoms with Crippen LogP contribution in [0.1, 0.15) is 56.7 Å². The molecule has 0 radical (unpaired) electrons. The molecule has 0 saturated carbocycles. The van der Waals surface area contributed by atoms with Crippen molar-refractivity contribution in [2.24, 2.45) is 11.7 Å². The second-order valence-electron chi connectivity index (χ2n) is 7.13. The summed E-state index contributed by atoms with van der Waals surface area (Å²) in [5.41, 5.74) is 9.44. The van der Waals surface area contributed by atoms with E-state index in [1.54, 1.807) is 6.26 Å².